The molecule has 2 aromatic rings. The molecule has 2 heteroatoms. The van der Waals surface area contributed by atoms with Gasteiger partial charge in [0.2, 0.25) is 0 Å². The maximum absolute atomic E-state index is 2.60. The summed E-state index contributed by atoms with van der Waals surface area (Å²) in [7, 11) is 0. The molecule has 1 saturated heterocycles. The minimum atomic E-state index is 0.693. The van der Waals surface area contributed by atoms with Crippen molar-refractivity contribution in [3.05, 3.63) is 36.5 Å². The van der Waals surface area contributed by atoms with Crippen LogP contribution in [-0.2, 0) is 0 Å². The lowest BCUT2D eigenvalue weighted by Gasteiger charge is -2.32. The molecule has 2 nitrogen and oxygen atoms in total. The highest BCUT2D eigenvalue weighted by Crippen LogP contribution is 2.27. The summed E-state index contributed by atoms with van der Waals surface area (Å²) < 4.78 is 2.48. The largest absolute Gasteiger partial charge is 0.344 e. The summed E-state index contributed by atoms with van der Waals surface area (Å²) in [4.78, 5) is 2.60. The predicted octanol–water partition coefficient (Wildman–Crippen LogP) is 3.69. The van der Waals surface area contributed by atoms with E-state index < -0.39 is 0 Å². The summed E-state index contributed by atoms with van der Waals surface area (Å²) in [6, 6.07) is 11.7. The van der Waals surface area contributed by atoms with E-state index in [1.54, 1.807) is 0 Å². The zero-order chi connectivity index (χ0) is 12.4. The molecule has 1 aliphatic rings. The van der Waals surface area contributed by atoms with E-state index in [0.29, 0.717) is 6.04 Å². The SMILES string of the molecule is CCCN1CCC(n2ccc3ccccc32)CC1. The Balaban J connectivity index is 1.76. The standard InChI is InChI=1S/C16H22N2/c1-2-10-17-11-8-15(9-12-17)18-13-7-14-5-3-4-6-16(14)18/h3-7,13,15H,2,8-12H2,1H3. The van der Waals surface area contributed by atoms with Gasteiger partial charge in [0.05, 0.1) is 0 Å². The Bertz CT molecular complexity index is 507. The molecule has 0 atom stereocenters. The van der Waals surface area contributed by atoms with Crippen molar-refractivity contribution in [2.45, 2.75) is 32.2 Å². The Kier molecular flexibility index (Phi) is 3.37. The van der Waals surface area contributed by atoms with Gasteiger partial charge in [-0.25, -0.2) is 0 Å². The number of aromatic nitrogens is 1. The third-order valence-electron chi connectivity index (χ3n) is 4.12. The quantitative estimate of drug-likeness (QED) is 0.797. The van der Waals surface area contributed by atoms with E-state index in [1.165, 1.54) is 49.8 Å². The normalized spacial score (nSPS) is 18.5. The fraction of sp³-hybridized carbons (Fsp3) is 0.500. The first-order chi connectivity index (χ1) is 8.88. The molecule has 0 unspecified atom stereocenters. The van der Waals surface area contributed by atoms with Gasteiger partial charge >= 0.3 is 0 Å². The first kappa shape index (κ1) is 11.8. The summed E-state index contributed by atoms with van der Waals surface area (Å²) in [5.41, 5.74) is 1.39. The van der Waals surface area contributed by atoms with E-state index in [0.717, 1.165) is 0 Å². The van der Waals surface area contributed by atoms with Gasteiger partial charge in [-0.05, 0) is 43.3 Å². The summed E-state index contributed by atoms with van der Waals surface area (Å²) in [6.07, 6.45) is 6.12. The number of piperidine rings is 1. The topological polar surface area (TPSA) is 8.17 Å². The Morgan fingerprint density at radius 1 is 1.11 bits per heavy atom. The maximum atomic E-state index is 2.60. The monoisotopic (exact) mass is 242 g/mol. The highest BCUT2D eigenvalue weighted by Gasteiger charge is 2.20. The van der Waals surface area contributed by atoms with Gasteiger partial charge in [-0.3, -0.25) is 0 Å². The van der Waals surface area contributed by atoms with Crippen LogP contribution in [0.5, 0.6) is 0 Å². The molecule has 1 aliphatic heterocycles. The molecule has 1 aromatic carbocycles. The van der Waals surface area contributed by atoms with Crippen molar-refractivity contribution >= 4 is 10.9 Å². The highest BCUT2D eigenvalue weighted by atomic mass is 15.1. The lowest BCUT2D eigenvalue weighted by Crippen LogP contribution is -2.34. The fourth-order valence-corrected chi connectivity index (χ4v) is 3.16. The van der Waals surface area contributed by atoms with Gasteiger partial charge in [0.1, 0.15) is 0 Å². The summed E-state index contributed by atoms with van der Waals surface area (Å²) in [5.74, 6) is 0. The molecule has 0 spiro atoms. The molecule has 0 aliphatic carbocycles. The van der Waals surface area contributed by atoms with Gasteiger partial charge in [0.15, 0.2) is 0 Å². The van der Waals surface area contributed by atoms with Crippen LogP contribution in [0.1, 0.15) is 32.2 Å². The van der Waals surface area contributed by atoms with Gasteiger partial charge < -0.3 is 9.47 Å². The van der Waals surface area contributed by atoms with Crippen LogP contribution in [0.3, 0.4) is 0 Å². The van der Waals surface area contributed by atoms with Crippen molar-refractivity contribution in [2.75, 3.05) is 19.6 Å². The molecule has 0 radical (unpaired) electrons. The lowest BCUT2D eigenvalue weighted by molar-refractivity contribution is 0.189. The number of likely N-dealkylation sites (tertiary alicyclic amines) is 1. The molecule has 1 aromatic heterocycles. The smallest absolute Gasteiger partial charge is 0.0482 e. The molecule has 2 heterocycles. The average molecular weight is 242 g/mol. The van der Waals surface area contributed by atoms with Crippen molar-refractivity contribution in [1.82, 2.24) is 9.47 Å². The van der Waals surface area contributed by atoms with Crippen LogP contribution in [-0.4, -0.2) is 29.1 Å². The predicted molar refractivity (Wildman–Crippen MR) is 76.9 cm³/mol. The number of hydrogen-bond donors (Lipinski definition) is 0. The molecule has 1 fully saturated rings. The van der Waals surface area contributed by atoms with Crippen LogP contribution >= 0.6 is 0 Å². The van der Waals surface area contributed by atoms with Crippen molar-refractivity contribution < 1.29 is 0 Å². The molecular weight excluding hydrogens is 220 g/mol. The minimum absolute atomic E-state index is 0.693. The second-order valence-electron chi connectivity index (χ2n) is 5.35. The van der Waals surface area contributed by atoms with Crippen molar-refractivity contribution in [2.24, 2.45) is 0 Å². The highest BCUT2D eigenvalue weighted by molar-refractivity contribution is 5.80. The molecule has 0 N–H and O–H groups in total. The van der Waals surface area contributed by atoms with Crippen LogP contribution in [0.15, 0.2) is 36.5 Å². The average Bonchev–Trinajstić information content (AvgIpc) is 2.84. The van der Waals surface area contributed by atoms with Crippen molar-refractivity contribution in [1.29, 1.82) is 0 Å². The Morgan fingerprint density at radius 3 is 2.67 bits per heavy atom. The Hall–Kier alpha value is -1.28. The van der Waals surface area contributed by atoms with Gasteiger partial charge in [0, 0.05) is 30.8 Å². The Morgan fingerprint density at radius 2 is 1.89 bits per heavy atom. The second kappa shape index (κ2) is 5.15. The maximum Gasteiger partial charge on any atom is 0.0482 e. The van der Waals surface area contributed by atoms with E-state index in [4.69, 9.17) is 0 Å². The summed E-state index contributed by atoms with van der Waals surface area (Å²) in [6.45, 7) is 6.04. The van der Waals surface area contributed by atoms with Crippen molar-refractivity contribution in [3.8, 4) is 0 Å². The third-order valence-corrected chi connectivity index (χ3v) is 4.12. The van der Waals surface area contributed by atoms with Crippen LogP contribution in [0, 0.1) is 0 Å². The number of hydrogen-bond acceptors (Lipinski definition) is 1. The van der Waals surface area contributed by atoms with E-state index >= 15 is 0 Å². The molecule has 18 heavy (non-hydrogen) atoms. The number of para-hydroxylation sites is 1. The number of benzene rings is 1. The van der Waals surface area contributed by atoms with Crippen LogP contribution in [0.25, 0.3) is 10.9 Å². The summed E-state index contributed by atoms with van der Waals surface area (Å²) in [5, 5.41) is 1.37. The minimum Gasteiger partial charge on any atom is -0.344 e. The molecule has 0 bridgehead atoms. The Labute approximate surface area is 109 Å². The third kappa shape index (κ3) is 2.17. The van der Waals surface area contributed by atoms with E-state index in [1.807, 2.05) is 0 Å². The number of rotatable bonds is 3. The number of fused-ring (bicyclic) bond motifs is 1. The van der Waals surface area contributed by atoms with Crippen LogP contribution in [0.4, 0.5) is 0 Å². The number of nitrogens with zero attached hydrogens (tertiary/aromatic N) is 2. The van der Waals surface area contributed by atoms with Gasteiger partial charge in [-0.1, -0.05) is 25.1 Å². The van der Waals surface area contributed by atoms with Crippen LogP contribution < -0.4 is 0 Å². The van der Waals surface area contributed by atoms with E-state index in [-0.39, 0.29) is 0 Å². The molecule has 96 valence electrons. The zero-order valence-corrected chi connectivity index (χ0v) is 11.2. The summed E-state index contributed by atoms with van der Waals surface area (Å²) >= 11 is 0. The molecular formula is C16H22N2. The lowest BCUT2D eigenvalue weighted by atomic mass is 10.0. The fourth-order valence-electron chi connectivity index (χ4n) is 3.16. The van der Waals surface area contributed by atoms with Crippen molar-refractivity contribution in [3.63, 3.8) is 0 Å². The molecule has 0 saturated carbocycles. The zero-order valence-electron chi connectivity index (χ0n) is 11.2. The van der Waals surface area contributed by atoms with Gasteiger partial charge in [-0.15, -0.1) is 0 Å². The first-order valence-electron chi connectivity index (χ1n) is 7.16. The van der Waals surface area contributed by atoms with Gasteiger partial charge in [0.25, 0.3) is 0 Å². The molecule has 0 amide bonds. The van der Waals surface area contributed by atoms with Crippen LogP contribution in [0.2, 0.25) is 0 Å². The van der Waals surface area contributed by atoms with E-state index in [2.05, 4.69) is 52.9 Å². The first-order valence-corrected chi connectivity index (χ1v) is 7.16. The van der Waals surface area contributed by atoms with Gasteiger partial charge in [-0.2, -0.15) is 0 Å². The van der Waals surface area contributed by atoms with E-state index in [9.17, 15) is 0 Å². The molecule has 3 rings (SSSR count). The second-order valence-corrected chi connectivity index (χ2v) is 5.35.